The zero-order valence-corrected chi connectivity index (χ0v) is 12.1. The average Bonchev–Trinajstić information content (AvgIpc) is 2.41. The second-order valence-corrected chi connectivity index (χ2v) is 5.38. The molecule has 2 N–H and O–H groups in total. The Labute approximate surface area is 118 Å². The molecule has 110 valence electrons. The molecule has 2 heterocycles. The van der Waals surface area contributed by atoms with E-state index in [9.17, 15) is 10.1 Å². The number of likely N-dealkylation sites (tertiary alicyclic amines) is 1. The number of hydrogen-bond acceptors (Lipinski definition) is 6. The summed E-state index contributed by atoms with van der Waals surface area (Å²) in [5, 5.41) is 17.1. The van der Waals surface area contributed by atoms with E-state index in [-0.39, 0.29) is 5.69 Å². The summed E-state index contributed by atoms with van der Waals surface area (Å²) in [4.78, 5) is 17.2. The van der Waals surface area contributed by atoms with E-state index >= 15 is 0 Å². The van der Waals surface area contributed by atoms with Crippen LogP contribution in [0.1, 0.15) is 13.3 Å². The minimum Gasteiger partial charge on any atom is -0.373 e. The Hall–Kier alpha value is -1.89. The number of nitrogens with zero attached hydrogens (tertiary/aromatic N) is 3. The monoisotopic (exact) mass is 279 g/mol. The Morgan fingerprint density at radius 1 is 1.45 bits per heavy atom. The van der Waals surface area contributed by atoms with E-state index in [1.807, 2.05) is 0 Å². The van der Waals surface area contributed by atoms with Crippen molar-refractivity contribution in [3.63, 3.8) is 0 Å². The molecular weight excluding hydrogens is 258 g/mol. The highest BCUT2D eigenvalue weighted by molar-refractivity contribution is 5.54. The number of hydrogen-bond donors (Lipinski definition) is 2. The Balaban J connectivity index is 2.16. The maximum Gasteiger partial charge on any atom is 0.276 e. The van der Waals surface area contributed by atoms with Crippen LogP contribution in [0.3, 0.4) is 0 Å². The van der Waals surface area contributed by atoms with Gasteiger partial charge in [0.05, 0.1) is 17.1 Å². The summed E-state index contributed by atoms with van der Waals surface area (Å²) in [6.07, 6.45) is 1.01. The lowest BCUT2D eigenvalue weighted by atomic mass is 9.94. The largest absolute Gasteiger partial charge is 0.373 e. The van der Waals surface area contributed by atoms with Crippen molar-refractivity contribution in [2.24, 2.45) is 5.92 Å². The molecule has 0 saturated carbocycles. The van der Waals surface area contributed by atoms with Crippen LogP contribution in [-0.4, -0.2) is 48.0 Å². The lowest BCUT2D eigenvalue weighted by Gasteiger charge is -2.35. The third kappa shape index (κ3) is 3.36. The molecule has 2 rings (SSSR count). The number of rotatable bonds is 4. The first-order valence-corrected chi connectivity index (χ1v) is 6.79. The molecule has 0 amide bonds. The van der Waals surface area contributed by atoms with Crippen LogP contribution in [0.5, 0.6) is 0 Å². The zero-order chi connectivity index (χ0) is 14.7. The van der Waals surface area contributed by atoms with Gasteiger partial charge in [-0.05, 0) is 25.9 Å². The number of nitrogens with one attached hydrogen (secondary N) is 2. The van der Waals surface area contributed by atoms with Gasteiger partial charge in [-0.25, -0.2) is 4.98 Å². The molecule has 7 heteroatoms. The quantitative estimate of drug-likeness (QED) is 0.645. The van der Waals surface area contributed by atoms with E-state index < -0.39 is 4.92 Å². The zero-order valence-electron chi connectivity index (χ0n) is 12.1. The number of piperidine rings is 1. The van der Waals surface area contributed by atoms with Gasteiger partial charge >= 0.3 is 0 Å². The van der Waals surface area contributed by atoms with Crippen LogP contribution < -0.4 is 10.6 Å². The fraction of sp³-hybridized carbons (Fsp3) is 0.615. The highest BCUT2D eigenvalue weighted by atomic mass is 16.6. The van der Waals surface area contributed by atoms with Crippen LogP contribution in [0, 0.1) is 16.0 Å². The third-order valence-corrected chi connectivity index (χ3v) is 3.72. The van der Waals surface area contributed by atoms with E-state index in [2.05, 4.69) is 34.5 Å². The summed E-state index contributed by atoms with van der Waals surface area (Å²) in [5.41, 5.74) is 0.0485. The normalized spacial score (nSPS) is 23.4. The molecule has 0 aliphatic carbocycles. The summed E-state index contributed by atoms with van der Waals surface area (Å²) in [6, 6.07) is 3.22. The number of pyridine rings is 1. The maximum absolute atomic E-state index is 10.9. The summed E-state index contributed by atoms with van der Waals surface area (Å²) >= 11 is 0. The van der Waals surface area contributed by atoms with Gasteiger partial charge in [0.25, 0.3) is 5.69 Å². The smallest absolute Gasteiger partial charge is 0.276 e. The van der Waals surface area contributed by atoms with Crippen molar-refractivity contribution in [3.05, 3.63) is 22.2 Å². The van der Waals surface area contributed by atoms with Gasteiger partial charge in [0.15, 0.2) is 0 Å². The van der Waals surface area contributed by atoms with E-state index in [1.165, 1.54) is 12.1 Å². The van der Waals surface area contributed by atoms with Gasteiger partial charge in [-0.2, -0.15) is 0 Å². The number of aromatic nitrogens is 1. The van der Waals surface area contributed by atoms with Crippen LogP contribution in [0.25, 0.3) is 0 Å². The fourth-order valence-electron chi connectivity index (χ4n) is 2.58. The van der Waals surface area contributed by atoms with Crippen LogP contribution in [0.2, 0.25) is 0 Å². The molecule has 7 nitrogen and oxygen atoms in total. The highest BCUT2D eigenvalue weighted by Gasteiger charge is 2.25. The van der Waals surface area contributed by atoms with Crippen molar-refractivity contribution in [1.29, 1.82) is 0 Å². The lowest BCUT2D eigenvalue weighted by molar-refractivity contribution is -0.384. The van der Waals surface area contributed by atoms with Gasteiger partial charge in [0, 0.05) is 19.6 Å². The van der Waals surface area contributed by atoms with Crippen LogP contribution in [-0.2, 0) is 0 Å². The van der Waals surface area contributed by atoms with E-state index in [0.29, 0.717) is 23.6 Å². The minimum absolute atomic E-state index is 0.0485. The SMILES string of the molecule is CNc1cc([N+](=O)[O-])cc(NC2CCN(C)CC2C)n1. The molecule has 20 heavy (non-hydrogen) atoms. The predicted molar refractivity (Wildman–Crippen MR) is 79.1 cm³/mol. The molecule has 0 radical (unpaired) electrons. The van der Waals surface area contributed by atoms with Crippen LogP contribution >= 0.6 is 0 Å². The first-order chi connectivity index (χ1) is 9.49. The predicted octanol–water partition coefficient (Wildman–Crippen LogP) is 1.78. The minimum atomic E-state index is -0.397. The third-order valence-electron chi connectivity index (χ3n) is 3.72. The molecule has 0 bridgehead atoms. The molecule has 0 aromatic carbocycles. The molecule has 2 unspecified atom stereocenters. The molecule has 1 aromatic rings. The summed E-state index contributed by atoms with van der Waals surface area (Å²) in [6.45, 7) is 4.23. The van der Waals surface area contributed by atoms with Gasteiger partial charge in [0.1, 0.15) is 11.6 Å². The van der Waals surface area contributed by atoms with Gasteiger partial charge in [-0.3, -0.25) is 10.1 Å². The van der Waals surface area contributed by atoms with Crippen molar-refractivity contribution in [2.75, 3.05) is 37.8 Å². The molecule has 1 saturated heterocycles. The second kappa shape index (κ2) is 6.04. The topological polar surface area (TPSA) is 83.3 Å². The average molecular weight is 279 g/mol. The van der Waals surface area contributed by atoms with Crippen molar-refractivity contribution < 1.29 is 4.92 Å². The molecule has 1 fully saturated rings. The highest BCUT2D eigenvalue weighted by Crippen LogP contribution is 2.24. The first-order valence-electron chi connectivity index (χ1n) is 6.79. The van der Waals surface area contributed by atoms with E-state index in [0.717, 1.165) is 19.5 Å². The Bertz CT molecular complexity index is 494. The van der Waals surface area contributed by atoms with Crippen molar-refractivity contribution in [1.82, 2.24) is 9.88 Å². The Kier molecular flexibility index (Phi) is 4.39. The molecule has 2 atom stereocenters. The van der Waals surface area contributed by atoms with Gasteiger partial charge in [0.2, 0.25) is 0 Å². The number of anilines is 2. The fourth-order valence-corrected chi connectivity index (χ4v) is 2.58. The number of nitro groups is 1. The summed E-state index contributed by atoms with van der Waals surface area (Å²) < 4.78 is 0. The summed E-state index contributed by atoms with van der Waals surface area (Å²) in [7, 11) is 3.81. The standard InChI is InChI=1S/C13H21N5O2/c1-9-8-17(3)5-4-11(9)15-13-7-10(18(19)20)6-12(14-2)16-13/h6-7,9,11H,4-5,8H2,1-3H3,(H2,14,15,16). The Morgan fingerprint density at radius 3 is 2.75 bits per heavy atom. The first kappa shape index (κ1) is 14.5. The van der Waals surface area contributed by atoms with Gasteiger partial charge < -0.3 is 15.5 Å². The molecule has 1 aliphatic rings. The van der Waals surface area contributed by atoms with Gasteiger partial charge in [-0.1, -0.05) is 6.92 Å². The molecule has 1 aromatic heterocycles. The van der Waals surface area contributed by atoms with Gasteiger partial charge in [-0.15, -0.1) is 0 Å². The van der Waals surface area contributed by atoms with E-state index in [1.54, 1.807) is 7.05 Å². The summed E-state index contributed by atoms with van der Waals surface area (Å²) in [5.74, 6) is 1.54. The molecule has 1 aliphatic heterocycles. The van der Waals surface area contributed by atoms with E-state index in [4.69, 9.17) is 0 Å². The van der Waals surface area contributed by atoms with Crippen LogP contribution in [0.15, 0.2) is 12.1 Å². The van der Waals surface area contributed by atoms with Crippen molar-refractivity contribution in [3.8, 4) is 0 Å². The molecular formula is C13H21N5O2. The lowest BCUT2D eigenvalue weighted by Crippen LogP contribution is -2.43. The van der Waals surface area contributed by atoms with Crippen molar-refractivity contribution >= 4 is 17.3 Å². The maximum atomic E-state index is 10.9. The second-order valence-electron chi connectivity index (χ2n) is 5.38. The van der Waals surface area contributed by atoms with Crippen molar-refractivity contribution in [2.45, 2.75) is 19.4 Å². The molecule has 0 spiro atoms. The Morgan fingerprint density at radius 2 is 2.15 bits per heavy atom. The van der Waals surface area contributed by atoms with Crippen LogP contribution in [0.4, 0.5) is 17.3 Å².